The lowest BCUT2D eigenvalue weighted by Gasteiger charge is -2.29. The molecule has 2 fully saturated rings. The van der Waals surface area contributed by atoms with Crippen LogP contribution in [0, 0.1) is 11.3 Å². The Kier molecular flexibility index (Phi) is 4.62. The van der Waals surface area contributed by atoms with Gasteiger partial charge in [0, 0.05) is 11.5 Å². The van der Waals surface area contributed by atoms with Crippen LogP contribution >= 0.6 is 12.4 Å². The Hall–Kier alpha value is -0.280. The Morgan fingerprint density at radius 1 is 1.50 bits per heavy atom. The number of carbonyl (C=O) groups is 1. The molecule has 1 saturated carbocycles. The number of halogens is 1. The van der Waals surface area contributed by atoms with Gasteiger partial charge in [-0.3, -0.25) is 4.79 Å². The van der Waals surface area contributed by atoms with Crippen molar-refractivity contribution in [2.24, 2.45) is 11.3 Å². The number of amides is 1. The second-order valence-electron chi connectivity index (χ2n) is 5.43. The lowest BCUT2D eigenvalue weighted by atomic mass is 9.92. The summed E-state index contributed by atoms with van der Waals surface area (Å²) in [5.74, 6) is 0.880. The van der Waals surface area contributed by atoms with Crippen molar-refractivity contribution in [3.8, 4) is 0 Å². The second-order valence-corrected chi connectivity index (χ2v) is 5.43. The van der Waals surface area contributed by atoms with Crippen LogP contribution in [0.25, 0.3) is 0 Å². The number of nitrogens with one attached hydrogen (secondary N) is 2. The second kappa shape index (κ2) is 5.37. The average molecular weight is 247 g/mol. The van der Waals surface area contributed by atoms with Crippen LogP contribution in [0.1, 0.15) is 39.5 Å². The molecule has 94 valence electrons. The van der Waals surface area contributed by atoms with Crippen LogP contribution < -0.4 is 10.6 Å². The topological polar surface area (TPSA) is 41.1 Å². The lowest BCUT2D eigenvalue weighted by molar-refractivity contribution is -0.126. The molecule has 0 aromatic carbocycles. The van der Waals surface area contributed by atoms with Crippen molar-refractivity contribution in [2.45, 2.75) is 45.6 Å². The van der Waals surface area contributed by atoms with Crippen LogP contribution in [0.3, 0.4) is 0 Å². The van der Waals surface area contributed by atoms with Crippen molar-refractivity contribution in [2.75, 3.05) is 13.1 Å². The molecule has 2 unspecified atom stereocenters. The van der Waals surface area contributed by atoms with Crippen LogP contribution in [0.4, 0.5) is 0 Å². The molecule has 16 heavy (non-hydrogen) atoms. The molecule has 0 aromatic rings. The summed E-state index contributed by atoms with van der Waals surface area (Å²) >= 11 is 0. The molecule has 2 atom stereocenters. The van der Waals surface area contributed by atoms with Gasteiger partial charge in [0.15, 0.2) is 0 Å². The van der Waals surface area contributed by atoms with Crippen LogP contribution in [-0.4, -0.2) is 25.0 Å². The number of carbonyl (C=O) groups excluding carboxylic acids is 1. The van der Waals surface area contributed by atoms with E-state index in [-0.39, 0.29) is 23.7 Å². The summed E-state index contributed by atoms with van der Waals surface area (Å²) in [6.45, 7) is 6.39. The molecule has 0 radical (unpaired) electrons. The molecule has 2 N–H and O–H groups in total. The molecular weight excluding hydrogens is 224 g/mol. The van der Waals surface area contributed by atoms with Crippen LogP contribution in [0.15, 0.2) is 0 Å². The summed E-state index contributed by atoms with van der Waals surface area (Å²) in [4.78, 5) is 11.8. The Balaban J connectivity index is 0.00000128. The van der Waals surface area contributed by atoms with Crippen LogP contribution in [0.5, 0.6) is 0 Å². The van der Waals surface area contributed by atoms with Crippen molar-refractivity contribution >= 4 is 18.3 Å². The summed E-state index contributed by atoms with van der Waals surface area (Å²) in [5, 5.41) is 6.57. The van der Waals surface area contributed by atoms with Crippen molar-refractivity contribution in [3.05, 3.63) is 0 Å². The van der Waals surface area contributed by atoms with Gasteiger partial charge in [-0.25, -0.2) is 0 Å². The van der Waals surface area contributed by atoms with Gasteiger partial charge >= 0.3 is 0 Å². The molecule has 1 heterocycles. The highest BCUT2D eigenvalue weighted by molar-refractivity contribution is 5.85. The van der Waals surface area contributed by atoms with Gasteiger partial charge in [-0.05, 0) is 51.6 Å². The van der Waals surface area contributed by atoms with E-state index >= 15 is 0 Å². The Morgan fingerprint density at radius 3 is 2.69 bits per heavy atom. The summed E-state index contributed by atoms with van der Waals surface area (Å²) < 4.78 is 0. The quantitative estimate of drug-likeness (QED) is 0.796. The molecule has 1 saturated heterocycles. The number of hydrogen-bond donors (Lipinski definition) is 2. The highest BCUT2D eigenvalue weighted by Crippen LogP contribution is 2.45. The first-order chi connectivity index (χ1) is 7.12. The molecular formula is C12H23ClN2O. The van der Waals surface area contributed by atoms with Gasteiger partial charge in [0.25, 0.3) is 0 Å². The molecule has 1 aliphatic carbocycles. The Bertz CT molecular complexity index is 247. The van der Waals surface area contributed by atoms with E-state index in [1.807, 2.05) is 0 Å². The standard InChI is InChI=1S/C12H22N2O.ClH/c1-9(10-4-3-7-13-8-10)14-11(15)12(2)5-6-12;/h9-10,13H,3-8H2,1-2H3,(H,14,15);1H. The lowest BCUT2D eigenvalue weighted by Crippen LogP contribution is -2.46. The zero-order chi connectivity index (χ0) is 10.9. The van der Waals surface area contributed by atoms with E-state index in [2.05, 4.69) is 24.5 Å². The fourth-order valence-electron chi connectivity index (χ4n) is 2.22. The largest absolute Gasteiger partial charge is 0.353 e. The Morgan fingerprint density at radius 2 is 2.19 bits per heavy atom. The van der Waals surface area contributed by atoms with Gasteiger partial charge in [0.2, 0.25) is 5.91 Å². The van der Waals surface area contributed by atoms with E-state index in [1.165, 1.54) is 12.8 Å². The first-order valence-corrected chi connectivity index (χ1v) is 6.13. The SMILES string of the molecule is CC(NC(=O)C1(C)CC1)C1CCCNC1.Cl. The van der Waals surface area contributed by atoms with Gasteiger partial charge in [-0.2, -0.15) is 0 Å². The van der Waals surface area contributed by atoms with Crippen molar-refractivity contribution in [1.29, 1.82) is 0 Å². The van der Waals surface area contributed by atoms with Gasteiger partial charge in [-0.15, -0.1) is 12.4 Å². The fraction of sp³-hybridized carbons (Fsp3) is 0.917. The van der Waals surface area contributed by atoms with Gasteiger partial charge in [0.1, 0.15) is 0 Å². The number of hydrogen-bond acceptors (Lipinski definition) is 2. The minimum absolute atomic E-state index is 0. The smallest absolute Gasteiger partial charge is 0.226 e. The predicted molar refractivity (Wildman–Crippen MR) is 67.8 cm³/mol. The van der Waals surface area contributed by atoms with Gasteiger partial charge < -0.3 is 10.6 Å². The van der Waals surface area contributed by atoms with E-state index in [0.717, 1.165) is 25.9 Å². The third-order valence-electron chi connectivity index (χ3n) is 3.95. The first-order valence-electron chi connectivity index (χ1n) is 6.13. The molecule has 0 bridgehead atoms. The molecule has 1 aliphatic heterocycles. The highest BCUT2D eigenvalue weighted by Gasteiger charge is 2.45. The van der Waals surface area contributed by atoms with E-state index in [4.69, 9.17) is 0 Å². The third kappa shape index (κ3) is 3.11. The minimum atomic E-state index is -0.0314. The van der Waals surface area contributed by atoms with E-state index in [0.29, 0.717) is 12.0 Å². The molecule has 2 rings (SSSR count). The summed E-state index contributed by atoms with van der Waals surface area (Å²) in [7, 11) is 0. The minimum Gasteiger partial charge on any atom is -0.353 e. The van der Waals surface area contributed by atoms with Crippen molar-refractivity contribution in [3.63, 3.8) is 0 Å². The molecule has 1 amide bonds. The first kappa shape index (κ1) is 13.8. The molecule has 4 heteroatoms. The van der Waals surface area contributed by atoms with Crippen LogP contribution in [-0.2, 0) is 4.79 Å². The number of piperidine rings is 1. The van der Waals surface area contributed by atoms with E-state index in [1.54, 1.807) is 0 Å². The monoisotopic (exact) mass is 246 g/mol. The summed E-state index contributed by atoms with van der Waals surface area (Å²) in [5.41, 5.74) is -0.0314. The van der Waals surface area contributed by atoms with Crippen molar-refractivity contribution in [1.82, 2.24) is 10.6 Å². The fourth-order valence-corrected chi connectivity index (χ4v) is 2.22. The maximum absolute atomic E-state index is 11.8. The molecule has 3 nitrogen and oxygen atoms in total. The highest BCUT2D eigenvalue weighted by atomic mass is 35.5. The molecule has 0 aromatic heterocycles. The summed E-state index contributed by atoms with van der Waals surface area (Å²) in [6.07, 6.45) is 4.61. The zero-order valence-electron chi connectivity index (χ0n) is 10.2. The maximum Gasteiger partial charge on any atom is 0.226 e. The average Bonchev–Trinajstić information content (AvgIpc) is 2.99. The molecule has 2 aliphatic rings. The third-order valence-corrected chi connectivity index (χ3v) is 3.95. The zero-order valence-corrected chi connectivity index (χ0v) is 11.0. The van der Waals surface area contributed by atoms with E-state index in [9.17, 15) is 4.79 Å². The van der Waals surface area contributed by atoms with E-state index < -0.39 is 0 Å². The Labute approximate surface area is 104 Å². The normalized spacial score (nSPS) is 28.8. The summed E-state index contributed by atoms with van der Waals surface area (Å²) in [6, 6.07) is 0.322. The molecule has 0 spiro atoms. The van der Waals surface area contributed by atoms with Gasteiger partial charge in [-0.1, -0.05) is 6.92 Å². The van der Waals surface area contributed by atoms with Crippen LogP contribution in [0.2, 0.25) is 0 Å². The number of rotatable bonds is 3. The predicted octanol–water partition coefficient (Wildman–Crippen LogP) is 1.71. The maximum atomic E-state index is 11.8. The van der Waals surface area contributed by atoms with Crippen molar-refractivity contribution < 1.29 is 4.79 Å². The van der Waals surface area contributed by atoms with Gasteiger partial charge in [0.05, 0.1) is 0 Å².